The van der Waals surface area contributed by atoms with E-state index in [-0.39, 0.29) is 0 Å². The predicted octanol–water partition coefficient (Wildman–Crippen LogP) is 0.510. The standard InChI is InChI=1S/C5H8N2/c1-5-3-2-4-7(5)6/h2-4H,6H2,1H3. The zero-order valence-electron chi connectivity index (χ0n) is 4.26. The first-order valence-corrected chi connectivity index (χ1v) is 2.20. The Balaban J connectivity index is 3.12. The number of aromatic nitrogens is 1. The molecular formula is C5H8N2. The lowest BCUT2D eigenvalue weighted by Crippen LogP contribution is -2.06. The molecule has 0 atom stereocenters. The van der Waals surface area contributed by atoms with Gasteiger partial charge in [-0.3, -0.25) is 4.68 Å². The Bertz CT molecular complexity index is 138. The van der Waals surface area contributed by atoms with Crippen molar-refractivity contribution in [2.24, 2.45) is 0 Å². The molecule has 0 fully saturated rings. The van der Waals surface area contributed by atoms with Gasteiger partial charge in [0.25, 0.3) is 0 Å². The van der Waals surface area contributed by atoms with Crippen molar-refractivity contribution in [1.29, 1.82) is 0 Å². The minimum atomic E-state index is 1.08. The third kappa shape index (κ3) is 0.585. The molecule has 0 bridgehead atoms. The van der Waals surface area contributed by atoms with Gasteiger partial charge in [0.1, 0.15) is 0 Å². The van der Waals surface area contributed by atoms with E-state index in [4.69, 9.17) is 5.84 Å². The zero-order valence-corrected chi connectivity index (χ0v) is 4.26. The highest BCUT2D eigenvalue weighted by molar-refractivity contribution is 5.03. The average molecular weight is 96.1 g/mol. The monoisotopic (exact) mass is 96.1 g/mol. The van der Waals surface area contributed by atoms with Crippen LogP contribution in [0.1, 0.15) is 5.69 Å². The van der Waals surface area contributed by atoms with Gasteiger partial charge in [-0.05, 0) is 19.1 Å². The van der Waals surface area contributed by atoms with Crippen molar-refractivity contribution in [3.05, 3.63) is 24.0 Å². The van der Waals surface area contributed by atoms with Crippen LogP contribution >= 0.6 is 0 Å². The maximum atomic E-state index is 5.36. The van der Waals surface area contributed by atoms with Gasteiger partial charge in [-0.15, -0.1) is 0 Å². The van der Waals surface area contributed by atoms with E-state index in [1.54, 1.807) is 4.68 Å². The smallest absolute Gasteiger partial charge is 0.0360 e. The summed E-state index contributed by atoms with van der Waals surface area (Å²) in [5.74, 6) is 5.36. The topological polar surface area (TPSA) is 30.9 Å². The maximum Gasteiger partial charge on any atom is 0.0360 e. The summed E-state index contributed by atoms with van der Waals surface area (Å²) in [5.41, 5.74) is 1.08. The molecule has 0 aliphatic carbocycles. The van der Waals surface area contributed by atoms with Crippen LogP contribution in [0.5, 0.6) is 0 Å². The third-order valence-corrected chi connectivity index (χ3v) is 0.991. The Kier molecular flexibility index (Phi) is 0.785. The fraction of sp³-hybridized carbons (Fsp3) is 0.200. The van der Waals surface area contributed by atoms with E-state index < -0.39 is 0 Å². The molecule has 2 N–H and O–H groups in total. The van der Waals surface area contributed by atoms with E-state index in [1.165, 1.54) is 0 Å². The van der Waals surface area contributed by atoms with Gasteiger partial charge in [-0.2, -0.15) is 0 Å². The van der Waals surface area contributed by atoms with Gasteiger partial charge in [0, 0.05) is 11.9 Å². The number of hydrogen-bond acceptors (Lipinski definition) is 1. The first-order chi connectivity index (χ1) is 3.30. The largest absolute Gasteiger partial charge is 0.339 e. The van der Waals surface area contributed by atoms with E-state index >= 15 is 0 Å². The molecule has 0 aliphatic heterocycles. The van der Waals surface area contributed by atoms with Crippen LogP contribution in [-0.2, 0) is 0 Å². The maximum absolute atomic E-state index is 5.36. The van der Waals surface area contributed by atoms with Gasteiger partial charge in [-0.1, -0.05) is 0 Å². The summed E-state index contributed by atoms with van der Waals surface area (Å²) in [5, 5.41) is 0. The first kappa shape index (κ1) is 4.24. The number of hydrogen-bond donors (Lipinski definition) is 1. The van der Waals surface area contributed by atoms with Crippen molar-refractivity contribution >= 4 is 0 Å². The Hall–Kier alpha value is -0.920. The molecule has 38 valence electrons. The number of nitrogens with zero attached hydrogens (tertiary/aromatic N) is 1. The summed E-state index contributed by atoms with van der Waals surface area (Å²) in [7, 11) is 0. The Morgan fingerprint density at radius 1 is 1.71 bits per heavy atom. The third-order valence-electron chi connectivity index (χ3n) is 0.991. The molecule has 1 heterocycles. The van der Waals surface area contributed by atoms with Crippen molar-refractivity contribution in [3.63, 3.8) is 0 Å². The van der Waals surface area contributed by atoms with Gasteiger partial charge in [0.05, 0.1) is 0 Å². The van der Waals surface area contributed by atoms with Crippen LogP contribution in [0.2, 0.25) is 0 Å². The lowest BCUT2D eigenvalue weighted by Gasteiger charge is -1.90. The van der Waals surface area contributed by atoms with Gasteiger partial charge < -0.3 is 5.84 Å². The average Bonchev–Trinajstić information content (AvgIpc) is 1.91. The highest BCUT2D eigenvalue weighted by atomic mass is 15.3. The van der Waals surface area contributed by atoms with Crippen LogP contribution in [0, 0.1) is 6.92 Å². The minimum absolute atomic E-state index is 1.08. The predicted molar refractivity (Wildman–Crippen MR) is 29.3 cm³/mol. The summed E-state index contributed by atoms with van der Waals surface area (Å²) >= 11 is 0. The van der Waals surface area contributed by atoms with Gasteiger partial charge >= 0.3 is 0 Å². The molecule has 1 rings (SSSR count). The zero-order chi connectivity index (χ0) is 5.28. The van der Waals surface area contributed by atoms with Crippen molar-refractivity contribution in [1.82, 2.24) is 4.68 Å². The number of nitrogen functional groups attached to an aromatic ring is 1. The molecule has 0 saturated carbocycles. The Morgan fingerprint density at radius 2 is 2.43 bits per heavy atom. The fourth-order valence-electron chi connectivity index (χ4n) is 0.479. The van der Waals surface area contributed by atoms with Crippen LogP contribution in [0.25, 0.3) is 0 Å². The summed E-state index contributed by atoms with van der Waals surface area (Å²) in [6, 6.07) is 3.87. The molecular weight excluding hydrogens is 88.1 g/mol. The second-order valence-electron chi connectivity index (χ2n) is 1.56. The molecule has 0 aliphatic rings. The van der Waals surface area contributed by atoms with Crippen molar-refractivity contribution < 1.29 is 0 Å². The Morgan fingerprint density at radius 3 is 2.57 bits per heavy atom. The summed E-state index contributed by atoms with van der Waals surface area (Å²) in [6.45, 7) is 1.96. The SMILES string of the molecule is Cc1cccn1N. The second-order valence-corrected chi connectivity index (χ2v) is 1.56. The molecule has 2 heteroatoms. The molecule has 7 heavy (non-hydrogen) atoms. The van der Waals surface area contributed by atoms with Gasteiger partial charge in [0.15, 0.2) is 0 Å². The van der Waals surface area contributed by atoms with Crippen molar-refractivity contribution in [2.75, 3.05) is 5.84 Å². The van der Waals surface area contributed by atoms with Crippen LogP contribution in [0.4, 0.5) is 0 Å². The summed E-state index contributed by atoms with van der Waals surface area (Å²) in [4.78, 5) is 0. The van der Waals surface area contributed by atoms with Gasteiger partial charge in [-0.25, -0.2) is 0 Å². The van der Waals surface area contributed by atoms with Crippen molar-refractivity contribution in [2.45, 2.75) is 6.92 Å². The first-order valence-electron chi connectivity index (χ1n) is 2.20. The molecule has 0 amide bonds. The quantitative estimate of drug-likeness (QED) is 0.469. The Labute approximate surface area is 42.5 Å². The molecule has 0 saturated heterocycles. The van der Waals surface area contributed by atoms with Gasteiger partial charge in [0.2, 0.25) is 0 Å². The van der Waals surface area contributed by atoms with E-state index in [2.05, 4.69) is 0 Å². The van der Waals surface area contributed by atoms with E-state index in [9.17, 15) is 0 Å². The lowest BCUT2D eigenvalue weighted by atomic mass is 10.5. The minimum Gasteiger partial charge on any atom is -0.339 e. The lowest BCUT2D eigenvalue weighted by molar-refractivity contribution is 0.962. The molecule has 1 aromatic heterocycles. The van der Waals surface area contributed by atoms with Crippen molar-refractivity contribution in [3.8, 4) is 0 Å². The number of nitrogens with two attached hydrogens (primary N) is 1. The van der Waals surface area contributed by atoms with Crippen LogP contribution in [0.15, 0.2) is 18.3 Å². The van der Waals surface area contributed by atoms with E-state index in [0.29, 0.717) is 0 Å². The molecule has 0 unspecified atom stereocenters. The molecule has 0 aromatic carbocycles. The van der Waals surface area contributed by atoms with E-state index in [0.717, 1.165) is 5.69 Å². The van der Waals surface area contributed by atoms with Crippen LogP contribution < -0.4 is 5.84 Å². The molecule has 1 aromatic rings. The number of aryl methyl sites for hydroxylation is 1. The molecule has 0 radical (unpaired) electrons. The fourth-order valence-corrected chi connectivity index (χ4v) is 0.479. The second kappa shape index (κ2) is 1.30. The van der Waals surface area contributed by atoms with Crippen LogP contribution in [0.3, 0.4) is 0 Å². The number of rotatable bonds is 0. The highest BCUT2D eigenvalue weighted by Gasteiger charge is 1.82. The summed E-state index contributed by atoms with van der Waals surface area (Å²) in [6.07, 6.45) is 1.81. The van der Waals surface area contributed by atoms with Crippen LogP contribution in [-0.4, -0.2) is 4.68 Å². The molecule has 2 nitrogen and oxygen atoms in total. The normalized spacial score (nSPS) is 9.29. The molecule has 0 spiro atoms. The highest BCUT2D eigenvalue weighted by Crippen LogP contribution is 1.91. The summed E-state index contributed by atoms with van der Waals surface area (Å²) < 4.78 is 1.58. The van der Waals surface area contributed by atoms with E-state index in [1.807, 2.05) is 25.3 Å².